The average molecular weight is 385 g/mol. The largest absolute Gasteiger partial charge is 0.419 e. The summed E-state index contributed by atoms with van der Waals surface area (Å²) in [6.45, 7) is 0. The lowest BCUT2D eigenvalue weighted by Crippen LogP contribution is -2.37. The van der Waals surface area contributed by atoms with Crippen LogP contribution >= 0.6 is 0 Å². The van der Waals surface area contributed by atoms with Crippen LogP contribution in [0.25, 0.3) is 0 Å². The Morgan fingerprint density at radius 3 is 2.70 bits per heavy atom. The fourth-order valence-corrected chi connectivity index (χ4v) is 3.35. The first kappa shape index (κ1) is 19.4. The van der Waals surface area contributed by atoms with Gasteiger partial charge in [-0.1, -0.05) is 18.2 Å². The Hall–Kier alpha value is -2.35. The van der Waals surface area contributed by atoms with Gasteiger partial charge in [0.2, 0.25) is 0 Å². The van der Waals surface area contributed by atoms with Crippen LogP contribution in [0.1, 0.15) is 47.8 Å². The van der Waals surface area contributed by atoms with Gasteiger partial charge in [-0.25, -0.2) is 8.78 Å². The molecular weight excluding hydrogens is 369 g/mol. The molecule has 2 atom stereocenters. The Morgan fingerprint density at radius 1 is 1.26 bits per heavy atom. The van der Waals surface area contributed by atoms with Crippen LogP contribution in [0.3, 0.4) is 0 Å². The molecule has 0 unspecified atom stereocenters. The number of hydrogen-bond donors (Lipinski definition) is 1. The van der Waals surface area contributed by atoms with E-state index in [0.717, 1.165) is 12.1 Å². The number of pyridine rings is 1. The molecule has 3 rings (SSSR count). The number of ketones is 1. The molecule has 1 N–H and O–H groups in total. The average Bonchev–Trinajstić information content (AvgIpc) is 2.63. The third kappa shape index (κ3) is 3.58. The van der Waals surface area contributed by atoms with Crippen molar-refractivity contribution in [3.8, 4) is 0 Å². The Bertz CT molecular complexity index is 867. The molecule has 1 aromatic carbocycles. The molecule has 1 heterocycles. The van der Waals surface area contributed by atoms with Gasteiger partial charge in [-0.15, -0.1) is 0 Å². The number of rotatable bonds is 4. The molecule has 1 aromatic heterocycles. The summed E-state index contributed by atoms with van der Waals surface area (Å²) in [5.74, 6) is -2.33. The molecule has 0 radical (unpaired) electrons. The van der Waals surface area contributed by atoms with Crippen LogP contribution in [-0.4, -0.2) is 15.9 Å². The van der Waals surface area contributed by atoms with E-state index in [1.807, 2.05) is 0 Å². The molecule has 0 aliphatic heterocycles. The minimum Gasteiger partial charge on any atom is -0.387 e. The van der Waals surface area contributed by atoms with Crippen molar-refractivity contribution in [2.45, 2.75) is 43.6 Å². The summed E-state index contributed by atoms with van der Waals surface area (Å²) in [4.78, 5) is 16.4. The van der Waals surface area contributed by atoms with Crippen molar-refractivity contribution in [3.05, 3.63) is 64.7 Å². The highest BCUT2D eigenvalue weighted by atomic mass is 19.4. The van der Waals surface area contributed by atoms with Gasteiger partial charge in [-0.05, 0) is 37.0 Å². The zero-order chi connectivity index (χ0) is 19.8. The minimum absolute atomic E-state index is 0.00975. The lowest BCUT2D eigenvalue weighted by molar-refractivity contribution is -0.140. The summed E-state index contributed by atoms with van der Waals surface area (Å²) in [6, 6.07) is 5.59. The zero-order valence-corrected chi connectivity index (χ0v) is 14.1. The fourth-order valence-electron chi connectivity index (χ4n) is 3.35. The van der Waals surface area contributed by atoms with Crippen molar-refractivity contribution in [2.24, 2.45) is 0 Å². The smallest absolute Gasteiger partial charge is 0.387 e. The number of nitrogens with zero attached hydrogens (tertiary/aromatic N) is 1. The van der Waals surface area contributed by atoms with Crippen LogP contribution in [0, 0.1) is 5.82 Å². The summed E-state index contributed by atoms with van der Waals surface area (Å²) in [5.41, 5.74) is -4.09. The van der Waals surface area contributed by atoms with Crippen molar-refractivity contribution >= 4 is 5.78 Å². The van der Waals surface area contributed by atoms with E-state index in [4.69, 9.17) is 0 Å². The Balaban J connectivity index is 1.82. The third-order valence-electron chi connectivity index (χ3n) is 4.79. The van der Waals surface area contributed by atoms with Crippen molar-refractivity contribution in [1.82, 2.24) is 4.98 Å². The first-order chi connectivity index (χ1) is 12.6. The predicted octanol–water partition coefficient (Wildman–Crippen LogP) is 4.43. The fraction of sp³-hybridized carbons (Fsp3) is 0.368. The molecule has 0 saturated carbocycles. The number of benzene rings is 1. The quantitative estimate of drug-likeness (QED) is 0.792. The van der Waals surface area contributed by atoms with Crippen molar-refractivity contribution in [3.63, 3.8) is 0 Å². The van der Waals surface area contributed by atoms with Gasteiger partial charge in [-0.2, -0.15) is 13.2 Å². The number of halogens is 5. The molecule has 0 spiro atoms. The molecule has 2 aromatic rings. The molecule has 0 fully saturated rings. The normalized spacial score (nSPS) is 22.4. The summed E-state index contributed by atoms with van der Waals surface area (Å²) in [5, 5.41) is 9.93. The number of fused-ring (bicyclic) bond motifs is 1. The van der Waals surface area contributed by atoms with Gasteiger partial charge < -0.3 is 5.11 Å². The van der Waals surface area contributed by atoms with Crippen molar-refractivity contribution < 1.29 is 31.9 Å². The minimum atomic E-state index is -4.85. The Morgan fingerprint density at radius 2 is 2.00 bits per heavy atom. The van der Waals surface area contributed by atoms with Crippen LogP contribution in [0.15, 0.2) is 36.5 Å². The van der Waals surface area contributed by atoms with Crippen LogP contribution in [0.2, 0.25) is 0 Å². The summed E-state index contributed by atoms with van der Waals surface area (Å²) < 4.78 is 67.9. The number of carbonyl (C=O) groups is 1. The maximum absolute atomic E-state index is 15.4. The molecule has 3 nitrogen and oxygen atoms in total. The van der Waals surface area contributed by atoms with Crippen LogP contribution in [-0.2, 0) is 23.1 Å². The number of carbonyl (C=O) groups excluding carboxylic acids is 1. The van der Waals surface area contributed by atoms with E-state index in [0.29, 0.717) is 6.07 Å². The van der Waals surface area contributed by atoms with Gasteiger partial charge in [-0.3, -0.25) is 9.78 Å². The molecule has 1 aliphatic carbocycles. The second kappa shape index (κ2) is 6.99. The highest BCUT2D eigenvalue weighted by molar-refractivity contribution is 5.89. The predicted molar refractivity (Wildman–Crippen MR) is 85.9 cm³/mol. The molecule has 0 saturated heterocycles. The number of aliphatic hydroxyl groups excluding tert-OH is 1. The summed E-state index contributed by atoms with van der Waals surface area (Å²) in [6.07, 6.45) is -5.58. The standard InChI is InChI=1S/C19H16F5NO2/c20-16-11(3-1-4-12(16)19(22,23)24)6-7-15(27)18(21)9-8-14(26)17-13(18)5-2-10-25-17/h1-5,10,14,26H,6-9H2/t14-,18-/m0/s1. The van der Waals surface area contributed by atoms with Gasteiger partial charge in [0.25, 0.3) is 0 Å². The maximum atomic E-state index is 15.4. The maximum Gasteiger partial charge on any atom is 0.419 e. The van der Waals surface area contributed by atoms with Crippen molar-refractivity contribution in [2.75, 3.05) is 0 Å². The van der Waals surface area contributed by atoms with Crippen LogP contribution in [0.4, 0.5) is 22.0 Å². The van der Waals surface area contributed by atoms with Gasteiger partial charge >= 0.3 is 6.18 Å². The molecule has 8 heteroatoms. The molecule has 0 amide bonds. The number of alkyl halides is 4. The number of aliphatic hydroxyl groups is 1. The lowest BCUT2D eigenvalue weighted by atomic mass is 9.77. The molecule has 144 valence electrons. The summed E-state index contributed by atoms with van der Waals surface area (Å²) >= 11 is 0. The van der Waals surface area contributed by atoms with E-state index in [9.17, 15) is 27.5 Å². The number of hydrogen-bond acceptors (Lipinski definition) is 3. The second-order valence-corrected chi connectivity index (χ2v) is 6.49. The van der Waals surface area contributed by atoms with E-state index >= 15 is 4.39 Å². The molecule has 1 aliphatic rings. The number of aryl methyl sites for hydroxylation is 1. The third-order valence-corrected chi connectivity index (χ3v) is 4.79. The highest BCUT2D eigenvalue weighted by Gasteiger charge is 2.46. The zero-order valence-electron chi connectivity index (χ0n) is 14.1. The van der Waals surface area contributed by atoms with E-state index in [-0.39, 0.29) is 36.1 Å². The van der Waals surface area contributed by atoms with Gasteiger partial charge in [0, 0.05) is 18.2 Å². The Labute approximate surface area is 151 Å². The lowest BCUT2D eigenvalue weighted by Gasteiger charge is -2.32. The van der Waals surface area contributed by atoms with E-state index in [2.05, 4.69) is 4.98 Å². The molecular formula is C19H16F5NO2. The second-order valence-electron chi connectivity index (χ2n) is 6.49. The van der Waals surface area contributed by atoms with Crippen molar-refractivity contribution in [1.29, 1.82) is 0 Å². The van der Waals surface area contributed by atoms with E-state index in [1.165, 1.54) is 18.3 Å². The molecule has 0 bridgehead atoms. The van der Waals surface area contributed by atoms with Gasteiger partial charge in [0.05, 0.1) is 17.4 Å². The van der Waals surface area contributed by atoms with E-state index < -0.39 is 41.5 Å². The van der Waals surface area contributed by atoms with Gasteiger partial charge in [0.15, 0.2) is 11.5 Å². The first-order valence-electron chi connectivity index (χ1n) is 8.35. The van der Waals surface area contributed by atoms with Gasteiger partial charge in [0.1, 0.15) is 5.82 Å². The Kier molecular flexibility index (Phi) is 5.03. The topological polar surface area (TPSA) is 50.2 Å². The van der Waals surface area contributed by atoms with Crippen LogP contribution < -0.4 is 0 Å². The van der Waals surface area contributed by atoms with E-state index in [1.54, 1.807) is 0 Å². The number of aromatic nitrogens is 1. The first-order valence-corrected chi connectivity index (χ1v) is 8.35. The van der Waals surface area contributed by atoms with Crippen LogP contribution in [0.5, 0.6) is 0 Å². The monoisotopic (exact) mass is 385 g/mol. The highest BCUT2D eigenvalue weighted by Crippen LogP contribution is 2.43. The summed E-state index contributed by atoms with van der Waals surface area (Å²) in [7, 11) is 0. The molecule has 27 heavy (non-hydrogen) atoms. The SMILES string of the molecule is O=C(CCc1cccc(C(F)(F)F)c1F)[C@]1(F)CC[C@H](O)c2ncccc21. The number of Topliss-reactive ketones (excluding diaryl/α,β-unsaturated/α-hetero) is 1.